The zero-order valence-electron chi connectivity index (χ0n) is 12.6. The van der Waals surface area contributed by atoms with Gasteiger partial charge >= 0.3 is 0 Å². The molecule has 0 spiro atoms. The summed E-state index contributed by atoms with van der Waals surface area (Å²) in [6.45, 7) is 6.42. The van der Waals surface area contributed by atoms with Crippen molar-refractivity contribution in [2.75, 3.05) is 45.9 Å². The second-order valence-corrected chi connectivity index (χ2v) is 6.19. The van der Waals surface area contributed by atoms with E-state index < -0.39 is 0 Å². The number of ether oxygens (including phenoxy) is 2. The maximum atomic E-state index is 6.01. The minimum absolute atomic E-state index is 0.125. The van der Waals surface area contributed by atoms with Gasteiger partial charge in [0.15, 0.2) is 6.29 Å². The van der Waals surface area contributed by atoms with Crippen molar-refractivity contribution in [3.05, 3.63) is 34.9 Å². The third kappa shape index (κ3) is 4.01. The zero-order chi connectivity index (χ0) is 15.4. The first kappa shape index (κ1) is 15.8. The number of terminal acetylenes is 1. The Labute approximate surface area is 136 Å². The molecule has 1 aromatic carbocycles. The fourth-order valence-electron chi connectivity index (χ4n) is 2.89. The van der Waals surface area contributed by atoms with Crippen molar-refractivity contribution < 1.29 is 9.47 Å². The van der Waals surface area contributed by atoms with Gasteiger partial charge in [-0.05, 0) is 12.1 Å². The summed E-state index contributed by atoms with van der Waals surface area (Å²) in [5.41, 5.74) is 1.02. The van der Waals surface area contributed by atoms with Crippen LogP contribution in [0.5, 0.6) is 0 Å². The van der Waals surface area contributed by atoms with Gasteiger partial charge in [0, 0.05) is 43.3 Å². The van der Waals surface area contributed by atoms with E-state index in [0.717, 1.165) is 49.9 Å². The molecule has 0 amide bonds. The number of nitrogens with zero attached hydrogens (tertiary/aromatic N) is 2. The predicted molar refractivity (Wildman–Crippen MR) is 86.7 cm³/mol. The van der Waals surface area contributed by atoms with Crippen LogP contribution in [0, 0.1) is 12.3 Å². The van der Waals surface area contributed by atoms with Crippen molar-refractivity contribution in [1.29, 1.82) is 0 Å². The molecule has 5 heteroatoms. The summed E-state index contributed by atoms with van der Waals surface area (Å²) in [6.07, 6.45) is 5.21. The topological polar surface area (TPSA) is 24.9 Å². The van der Waals surface area contributed by atoms with Crippen molar-refractivity contribution in [1.82, 2.24) is 9.80 Å². The Morgan fingerprint density at radius 1 is 1.14 bits per heavy atom. The normalized spacial score (nSPS) is 26.9. The van der Waals surface area contributed by atoms with Crippen LogP contribution in [0.1, 0.15) is 11.9 Å². The van der Waals surface area contributed by atoms with Crippen molar-refractivity contribution in [3.8, 4) is 12.3 Å². The molecule has 0 saturated carbocycles. The maximum absolute atomic E-state index is 6.01. The summed E-state index contributed by atoms with van der Waals surface area (Å²) in [7, 11) is 0. The molecular formula is C17H21ClN2O2. The molecule has 2 atom stereocenters. The number of hydrogen-bond donors (Lipinski definition) is 0. The van der Waals surface area contributed by atoms with Crippen LogP contribution in [-0.4, -0.2) is 61.8 Å². The predicted octanol–water partition coefficient (Wildman–Crippen LogP) is 2.00. The lowest BCUT2D eigenvalue weighted by Gasteiger charge is -2.34. The molecule has 3 rings (SSSR count). The van der Waals surface area contributed by atoms with Gasteiger partial charge in [0.05, 0.1) is 19.3 Å². The van der Waals surface area contributed by atoms with Gasteiger partial charge in [0.1, 0.15) is 0 Å². The Morgan fingerprint density at radius 3 is 2.50 bits per heavy atom. The van der Waals surface area contributed by atoms with E-state index >= 15 is 0 Å². The first-order valence-electron chi connectivity index (χ1n) is 7.65. The molecule has 0 unspecified atom stereocenters. The Morgan fingerprint density at radius 2 is 1.82 bits per heavy atom. The van der Waals surface area contributed by atoms with E-state index in [1.807, 2.05) is 24.3 Å². The zero-order valence-corrected chi connectivity index (χ0v) is 13.3. The average Bonchev–Trinajstić information content (AvgIpc) is 2.99. The molecule has 0 aliphatic carbocycles. The fraction of sp³-hybridized carbons (Fsp3) is 0.529. The molecule has 118 valence electrons. The Bertz CT molecular complexity index is 520. The van der Waals surface area contributed by atoms with E-state index in [9.17, 15) is 0 Å². The average molecular weight is 321 g/mol. The summed E-state index contributed by atoms with van der Waals surface area (Å²) in [6, 6.07) is 7.63. The van der Waals surface area contributed by atoms with Crippen LogP contribution in [0.25, 0.3) is 0 Å². The lowest BCUT2D eigenvalue weighted by atomic mass is 10.2. The van der Waals surface area contributed by atoms with Crippen LogP contribution in [-0.2, 0) is 9.47 Å². The molecule has 4 nitrogen and oxygen atoms in total. The third-order valence-corrected chi connectivity index (χ3v) is 4.39. The SMILES string of the molecule is C#CCN1CCN(C[C@H]2CO[C@H](c3ccc(Cl)cc3)O2)CC1. The molecular weight excluding hydrogens is 300 g/mol. The Balaban J connectivity index is 1.46. The Kier molecular flexibility index (Phi) is 5.35. The number of hydrogen-bond acceptors (Lipinski definition) is 4. The minimum Gasteiger partial charge on any atom is -0.346 e. The van der Waals surface area contributed by atoms with Gasteiger partial charge in [-0.15, -0.1) is 6.42 Å². The molecule has 22 heavy (non-hydrogen) atoms. The quantitative estimate of drug-likeness (QED) is 0.792. The van der Waals surface area contributed by atoms with E-state index in [-0.39, 0.29) is 12.4 Å². The lowest BCUT2D eigenvalue weighted by molar-refractivity contribution is -0.0655. The summed E-state index contributed by atoms with van der Waals surface area (Å²) >= 11 is 5.91. The molecule has 2 saturated heterocycles. The highest BCUT2D eigenvalue weighted by Crippen LogP contribution is 2.28. The highest BCUT2D eigenvalue weighted by atomic mass is 35.5. The van der Waals surface area contributed by atoms with Gasteiger partial charge in [0.25, 0.3) is 0 Å². The van der Waals surface area contributed by atoms with Crippen molar-refractivity contribution in [2.24, 2.45) is 0 Å². The van der Waals surface area contributed by atoms with E-state index in [1.54, 1.807) is 0 Å². The summed E-state index contributed by atoms with van der Waals surface area (Å²) in [4.78, 5) is 4.73. The number of piperazine rings is 1. The van der Waals surface area contributed by atoms with Crippen LogP contribution >= 0.6 is 11.6 Å². The van der Waals surface area contributed by atoms with E-state index in [1.165, 1.54) is 0 Å². The molecule has 2 aliphatic heterocycles. The third-order valence-electron chi connectivity index (χ3n) is 4.13. The summed E-state index contributed by atoms with van der Waals surface area (Å²) in [5, 5.41) is 0.725. The standard InChI is InChI=1S/C17H21ClN2O2/c1-2-7-19-8-10-20(11-9-19)12-16-13-21-17(22-16)14-3-5-15(18)6-4-14/h1,3-6,16-17H,7-13H2/t16-,17-/m0/s1. The number of rotatable bonds is 4. The van der Waals surface area contributed by atoms with Crippen LogP contribution in [0.15, 0.2) is 24.3 Å². The largest absolute Gasteiger partial charge is 0.346 e. The summed E-state index contributed by atoms with van der Waals surface area (Å²) < 4.78 is 11.8. The molecule has 0 aromatic heterocycles. The van der Waals surface area contributed by atoms with Crippen molar-refractivity contribution in [2.45, 2.75) is 12.4 Å². The number of halogens is 1. The van der Waals surface area contributed by atoms with Gasteiger partial charge in [-0.1, -0.05) is 29.7 Å². The molecule has 2 fully saturated rings. The second kappa shape index (κ2) is 7.45. The van der Waals surface area contributed by atoms with Crippen LogP contribution in [0.2, 0.25) is 5.02 Å². The molecule has 1 aromatic rings. The van der Waals surface area contributed by atoms with Gasteiger partial charge in [-0.3, -0.25) is 9.80 Å². The molecule has 2 heterocycles. The van der Waals surface area contributed by atoms with Crippen LogP contribution in [0.4, 0.5) is 0 Å². The van der Waals surface area contributed by atoms with E-state index in [2.05, 4.69) is 15.7 Å². The molecule has 0 radical (unpaired) electrons. The number of benzene rings is 1. The first-order valence-corrected chi connectivity index (χ1v) is 8.03. The smallest absolute Gasteiger partial charge is 0.184 e. The van der Waals surface area contributed by atoms with E-state index in [0.29, 0.717) is 6.61 Å². The molecule has 0 bridgehead atoms. The monoisotopic (exact) mass is 320 g/mol. The summed E-state index contributed by atoms with van der Waals surface area (Å²) in [5.74, 6) is 2.71. The molecule has 0 N–H and O–H groups in total. The van der Waals surface area contributed by atoms with Gasteiger partial charge in [-0.25, -0.2) is 0 Å². The second-order valence-electron chi connectivity index (χ2n) is 5.76. The van der Waals surface area contributed by atoms with Gasteiger partial charge in [-0.2, -0.15) is 0 Å². The van der Waals surface area contributed by atoms with Crippen molar-refractivity contribution in [3.63, 3.8) is 0 Å². The van der Waals surface area contributed by atoms with Gasteiger partial charge in [0.2, 0.25) is 0 Å². The molecule has 2 aliphatic rings. The highest BCUT2D eigenvalue weighted by Gasteiger charge is 2.29. The minimum atomic E-state index is -0.273. The van der Waals surface area contributed by atoms with Crippen LogP contribution < -0.4 is 0 Å². The highest BCUT2D eigenvalue weighted by molar-refractivity contribution is 6.30. The fourth-order valence-corrected chi connectivity index (χ4v) is 3.01. The first-order chi connectivity index (χ1) is 10.7. The van der Waals surface area contributed by atoms with E-state index in [4.69, 9.17) is 27.5 Å². The van der Waals surface area contributed by atoms with Gasteiger partial charge < -0.3 is 9.47 Å². The Hall–Kier alpha value is -1.09. The van der Waals surface area contributed by atoms with Crippen molar-refractivity contribution >= 4 is 11.6 Å². The van der Waals surface area contributed by atoms with Crippen LogP contribution in [0.3, 0.4) is 0 Å². The lowest BCUT2D eigenvalue weighted by Crippen LogP contribution is -2.48. The maximum Gasteiger partial charge on any atom is 0.184 e.